The molecule has 0 aliphatic heterocycles. The Balaban J connectivity index is 2.37. The molecular formula is C10H13N3O2. The lowest BCUT2D eigenvalue weighted by atomic mass is 10.3. The summed E-state index contributed by atoms with van der Waals surface area (Å²) in [6.07, 6.45) is 1.61. The minimum atomic E-state index is 0.456. The van der Waals surface area contributed by atoms with Crippen LogP contribution < -0.4 is 5.73 Å². The topological polar surface area (TPSA) is 66.2 Å². The average Bonchev–Trinajstić information content (AvgIpc) is 2.75. The molecule has 2 aromatic heterocycles. The zero-order chi connectivity index (χ0) is 10.8. The maximum Gasteiger partial charge on any atom is 0.154 e. The number of nitrogen functional groups attached to an aromatic ring is 1. The van der Waals surface area contributed by atoms with Crippen LogP contribution in [-0.2, 0) is 18.4 Å². The Morgan fingerprint density at radius 3 is 2.93 bits per heavy atom. The van der Waals surface area contributed by atoms with Crippen LogP contribution >= 0.6 is 0 Å². The number of furan rings is 1. The SMILES string of the molecule is COCc1ccc(-c2c(N)cnn2C)o1. The predicted molar refractivity (Wildman–Crippen MR) is 56.0 cm³/mol. The number of aromatic nitrogens is 2. The normalized spacial score (nSPS) is 10.8. The predicted octanol–water partition coefficient (Wildman–Crippen LogP) is 1.41. The third-order valence-corrected chi connectivity index (χ3v) is 2.15. The van der Waals surface area contributed by atoms with Crippen LogP contribution in [0.2, 0.25) is 0 Å². The largest absolute Gasteiger partial charge is 0.457 e. The van der Waals surface area contributed by atoms with Gasteiger partial charge in [0.25, 0.3) is 0 Å². The fraction of sp³-hybridized carbons (Fsp3) is 0.300. The molecule has 80 valence electrons. The summed E-state index contributed by atoms with van der Waals surface area (Å²) in [6, 6.07) is 3.73. The lowest BCUT2D eigenvalue weighted by Gasteiger charge is -1.99. The molecule has 0 amide bonds. The number of nitrogens with two attached hydrogens (primary N) is 1. The van der Waals surface area contributed by atoms with E-state index in [-0.39, 0.29) is 0 Å². The van der Waals surface area contributed by atoms with Gasteiger partial charge in [-0.05, 0) is 12.1 Å². The number of ether oxygens (including phenoxy) is 1. The molecular weight excluding hydrogens is 194 g/mol. The van der Waals surface area contributed by atoms with Crippen molar-refractivity contribution in [1.29, 1.82) is 0 Å². The number of aryl methyl sites for hydroxylation is 1. The Bertz CT molecular complexity index is 439. The first-order valence-electron chi connectivity index (χ1n) is 4.58. The van der Waals surface area contributed by atoms with Gasteiger partial charge < -0.3 is 14.9 Å². The molecule has 0 fully saturated rings. The first kappa shape index (κ1) is 9.79. The number of anilines is 1. The summed E-state index contributed by atoms with van der Waals surface area (Å²) in [4.78, 5) is 0. The fourth-order valence-electron chi connectivity index (χ4n) is 1.48. The van der Waals surface area contributed by atoms with E-state index in [0.717, 1.165) is 11.5 Å². The van der Waals surface area contributed by atoms with Crippen molar-refractivity contribution in [3.05, 3.63) is 24.1 Å². The van der Waals surface area contributed by atoms with E-state index in [4.69, 9.17) is 14.9 Å². The maximum atomic E-state index is 5.78. The Morgan fingerprint density at radius 2 is 2.33 bits per heavy atom. The van der Waals surface area contributed by atoms with Crippen LogP contribution in [0.25, 0.3) is 11.5 Å². The van der Waals surface area contributed by atoms with E-state index < -0.39 is 0 Å². The number of nitrogens with zero attached hydrogens (tertiary/aromatic N) is 2. The van der Waals surface area contributed by atoms with Gasteiger partial charge in [-0.25, -0.2) is 0 Å². The van der Waals surface area contributed by atoms with Crippen molar-refractivity contribution < 1.29 is 9.15 Å². The summed E-state index contributed by atoms with van der Waals surface area (Å²) in [7, 11) is 3.45. The van der Waals surface area contributed by atoms with Crippen molar-refractivity contribution in [2.75, 3.05) is 12.8 Å². The van der Waals surface area contributed by atoms with Gasteiger partial charge in [0.1, 0.15) is 18.1 Å². The van der Waals surface area contributed by atoms with Crippen molar-refractivity contribution in [2.24, 2.45) is 7.05 Å². The van der Waals surface area contributed by atoms with E-state index in [2.05, 4.69) is 5.10 Å². The van der Waals surface area contributed by atoms with Crippen LogP contribution in [0.15, 0.2) is 22.7 Å². The minimum absolute atomic E-state index is 0.456. The second kappa shape index (κ2) is 3.78. The Hall–Kier alpha value is -1.75. The minimum Gasteiger partial charge on any atom is -0.457 e. The van der Waals surface area contributed by atoms with Crippen molar-refractivity contribution in [1.82, 2.24) is 9.78 Å². The van der Waals surface area contributed by atoms with Gasteiger partial charge in [-0.2, -0.15) is 5.10 Å². The highest BCUT2D eigenvalue weighted by atomic mass is 16.5. The number of hydrogen-bond donors (Lipinski definition) is 1. The molecule has 0 spiro atoms. The summed E-state index contributed by atoms with van der Waals surface area (Å²) >= 11 is 0. The molecule has 5 heteroatoms. The summed E-state index contributed by atoms with van der Waals surface area (Å²) in [5, 5.41) is 4.05. The molecule has 2 N–H and O–H groups in total. The van der Waals surface area contributed by atoms with E-state index in [1.165, 1.54) is 0 Å². The van der Waals surface area contributed by atoms with E-state index in [9.17, 15) is 0 Å². The van der Waals surface area contributed by atoms with Crippen LogP contribution in [0.5, 0.6) is 0 Å². The standard InChI is InChI=1S/C10H13N3O2/c1-13-10(8(11)5-12-13)9-4-3-7(15-9)6-14-2/h3-5H,6,11H2,1-2H3. The zero-order valence-corrected chi connectivity index (χ0v) is 8.73. The summed E-state index contributed by atoms with van der Waals surface area (Å²) in [5.41, 5.74) is 7.18. The monoisotopic (exact) mass is 207 g/mol. The second-order valence-corrected chi connectivity index (χ2v) is 3.27. The number of rotatable bonds is 3. The molecule has 5 nitrogen and oxygen atoms in total. The van der Waals surface area contributed by atoms with Gasteiger partial charge >= 0.3 is 0 Å². The van der Waals surface area contributed by atoms with Crippen LogP contribution in [0, 0.1) is 0 Å². The average molecular weight is 207 g/mol. The Labute approximate surface area is 87.4 Å². The molecule has 0 saturated heterocycles. The molecule has 0 saturated carbocycles. The second-order valence-electron chi connectivity index (χ2n) is 3.27. The Kier molecular flexibility index (Phi) is 2.47. The molecule has 0 aliphatic carbocycles. The first-order valence-corrected chi connectivity index (χ1v) is 4.58. The first-order chi connectivity index (χ1) is 7.22. The molecule has 0 atom stereocenters. The fourth-order valence-corrected chi connectivity index (χ4v) is 1.48. The zero-order valence-electron chi connectivity index (χ0n) is 8.73. The van der Waals surface area contributed by atoms with Crippen LogP contribution in [0.4, 0.5) is 5.69 Å². The van der Waals surface area contributed by atoms with E-state index in [1.54, 1.807) is 18.0 Å². The third-order valence-electron chi connectivity index (χ3n) is 2.15. The highest BCUT2D eigenvalue weighted by molar-refractivity contribution is 5.68. The molecule has 15 heavy (non-hydrogen) atoms. The van der Waals surface area contributed by atoms with Gasteiger partial charge in [-0.3, -0.25) is 4.68 Å². The van der Waals surface area contributed by atoms with Crippen molar-refractivity contribution in [3.63, 3.8) is 0 Å². The Morgan fingerprint density at radius 1 is 1.53 bits per heavy atom. The molecule has 2 rings (SSSR count). The summed E-state index contributed by atoms with van der Waals surface area (Å²) in [6.45, 7) is 0.456. The number of hydrogen-bond acceptors (Lipinski definition) is 4. The molecule has 0 radical (unpaired) electrons. The third kappa shape index (κ3) is 1.73. The summed E-state index contributed by atoms with van der Waals surface area (Å²) < 4.78 is 12.2. The smallest absolute Gasteiger partial charge is 0.154 e. The lowest BCUT2D eigenvalue weighted by molar-refractivity contribution is 0.165. The van der Waals surface area contributed by atoms with Gasteiger partial charge in [0.05, 0.1) is 11.9 Å². The van der Waals surface area contributed by atoms with Gasteiger partial charge in [0.2, 0.25) is 0 Å². The molecule has 2 heterocycles. The van der Waals surface area contributed by atoms with Gasteiger partial charge in [-0.15, -0.1) is 0 Å². The number of methoxy groups -OCH3 is 1. The highest BCUT2D eigenvalue weighted by Crippen LogP contribution is 2.26. The van der Waals surface area contributed by atoms with Crippen LogP contribution in [-0.4, -0.2) is 16.9 Å². The van der Waals surface area contributed by atoms with Crippen LogP contribution in [0.1, 0.15) is 5.76 Å². The van der Waals surface area contributed by atoms with Crippen LogP contribution in [0.3, 0.4) is 0 Å². The quantitative estimate of drug-likeness (QED) is 0.826. The maximum absolute atomic E-state index is 5.78. The molecule has 0 unspecified atom stereocenters. The van der Waals surface area contributed by atoms with Gasteiger partial charge in [0.15, 0.2) is 5.76 Å². The van der Waals surface area contributed by atoms with Crippen molar-refractivity contribution in [2.45, 2.75) is 6.61 Å². The molecule has 0 bridgehead atoms. The lowest BCUT2D eigenvalue weighted by Crippen LogP contribution is -1.94. The van der Waals surface area contributed by atoms with Crippen molar-refractivity contribution >= 4 is 5.69 Å². The van der Waals surface area contributed by atoms with Gasteiger partial charge in [-0.1, -0.05) is 0 Å². The van der Waals surface area contributed by atoms with Gasteiger partial charge in [0, 0.05) is 14.2 Å². The molecule has 2 aromatic rings. The molecule has 0 aromatic carbocycles. The summed E-state index contributed by atoms with van der Waals surface area (Å²) in [5.74, 6) is 1.48. The highest BCUT2D eigenvalue weighted by Gasteiger charge is 2.12. The van der Waals surface area contributed by atoms with Crippen molar-refractivity contribution in [3.8, 4) is 11.5 Å². The van der Waals surface area contributed by atoms with E-state index >= 15 is 0 Å². The molecule has 0 aliphatic rings. The van der Waals surface area contributed by atoms with E-state index in [1.807, 2.05) is 19.2 Å². The van der Waals surface area contributed by atoms with E-state index in [0.29, 0.717) is 18.1 Å².